The van der Waals surface area contributed by atoms with Crippen LogP contribution < -0.4 is 4.74 Å². The molecule has 0 amide bonds. The van der Waals surface area contributed by atoms with Crippen LogP contribution in [0.3, 0.4) is 0 Å². The highest BCUT2D eigenvalue weighted by Gasteiger charge is 2.24. The summed E-state index contributed by atoms with van der Waals surface area (Å²) in [5.41, 5.74) is 1.33. The van der Waals surface area contributed by atoms with E-state index in [1.807, 2.05) is 12.1 Å². The van der Waals surface area contributed by atoms with E-state index in [4.69, 9.17) is 37.5 Å². The van der Waals surface area contributed by atoms with E-state index in [2.05, 4.69) is 10.2 Å². The molecule has 0 fully saturated rings. The van der Waals surface area contributed by atoms with Crippen LogP contribution in [0.1, 0.15) is 17.1 Å². The zero-order valence-corrected chi connectivity index (χ0v) is 19.4. The number of fused-ring (bicyclic) bond motifs is 1. The van der Waals surface area contributed by atoms with Crippen LogP contribution in [0, 0.1) is 10.1 Å². The van der Waals surface area contributed by atoms with Gasteiger partial charge in [0.1, 0.15) is 23.0 Å². The maximum absolute atomic E-state index is 11.1. The standard InChI is InChI=1S/C22H13Cl2N5O4S/c23-14-3-1-13(2-4-14)17-11-19(18-9-10-21(33-18)29(30)31)34-22-26-25-20(28(22)27-17)12-32-16-7-5-15(24)6-8-16/h1-11H,12H2. The maximum atomic E-state index is 11.1. The number of allylic oxidation sites excluding steroid dienone is 1. The maximum Gasteiger partial charge on any atom is 0.433 e. The lowest BCUT2D eigenvalue weighted by atomic mass is 10.1. The average Bonchev–Trinajstić information content (AvgIpc) is 3.42. The third-order valence-corrected chi connectivity index (χ3v) is 6.17. The lowest BCUT2D eigenvalue weighted by Crippen LogP contribution is -2.07. The summed E-state index contributed by atoms with van der Waals surface area (Å²) >= 11 is 13.2. The van der Waals surface area contributed by atoms with Crippen molar-refractivity contribution >= 4 is 51.5 Å². The predicted molar refractivity (Wildman–Crippen MR) is 128 cm³/mol. The van der Waals surface area contributed by atoms with E-state index in [-0.39, 0.29) is 12.5 Å². The van der Waals surface area contributed by atoms with Gasteiger partial charge in [0.05, 0.1) is 16.7 Å². The van der Waals surface area contributed by atoms with Crippen LogP contribution in [0.4, 0.5) is 5.88 Å². The van der Waals surface area contributed by atoms with Gasteiger partial charge in [-0.3, -0.25) is 10.1 Å². The molecule has 34 heavy (non-hydrogen) atoms. The van der Waals surface area contributed by atoms with Gasteiger partial charge < -0.3 is 9.15 Å². The third-order valence-electron chi connectivity index (χ3n) is 4.69. The van der Waals surface area contributed by atoms with Crippen molar-refractivity contribution < 1.29 is 14.1 Å². The summed E-state index contributed by atoms with van der Waals surface area (Å²) in [4.78, 5) is 11.1. The van der Waals surface area contributed by atoms with Crippen molar-refractivity contribution in [2.45, 2.75) is 11.8 Å². The molecule has 0 bridgehead atoms. The Balaban J connectivity index is 1.52. The lowest BCUT2D eigenvalue weighted by molar-refractivity contribution is -0.402. The number of ether oxygens (including phenoxy) is 1. The summed E-state index contributed by atoms with van der Waals surface area (Å²) in [6.07, 6.45) is 1.77. The van der Waals surface area contributed by atoms with Crippen LogP contribution in [0.2, 0.25) is 10.0 Å². The average molecular weight is 514 g/mol. The minimum atomic E-state index is -0.589. The van der Waals surface area contributed by atoms with Gasteiger partial charge >= 0.3 is 5.88 Å². The van der Waals surface area contributed by atoms with Crippen LogP contribution in [0.25, 0.3) is 4.91 Å². The molecule has 12 heteroatoms. The van der Waals surface area contributed by atoms with Crippen molar-refractivity contribution in [1.29, 1.82) is 0 Å². The molecule has 0 unspecified atom stereocenters. The monoisotopic (exact) mass is 513 g/mol. The smallest absolute Gasteiger partial charge is 0.433 e. The number of hydrogen-bond acceptors (Lipinski definition) is 8. The predicted octanol–water partition coefficient (Wildman–Crippen LogP) is 6.06. The number of thioether (sulfide) groups is 1. The number of nitrogens with zero attached hydrogens (tertiary/aromatic N) is 5. The lowest BCUT2D eigenvalue weighted by Gasteiger charge is -2.07. The molecule has 4 aromatic rings. The molecule has 3 heterocycles. The fourth-order valence-electron chi connectivity index (χ4n) is 3.06. The summed E-state index contributed by atoms with van der Waals surface area (Å²) in [6, 6.07) is 16.9. The van der Waals surface area contributed by atoms with Crippen molar-refractivity contribution in [2.24, 2.45) is 5.10 Å². The van der Waals surface area contributed by atoms with Gasteiger partial charge in [-0.1, -0.05) is 35.3 Å². The molecule has 2 aromatic heterocycles. The Morgan fingerprint density at radius 3 is 2.38 bits per heavy atom. The molecule has 0 N–H and O–H groups in total. The molecule has 1 aliphatic rings. The normalized spacial score (nSPS) is 13.0. The Morgan fingerprint density at radius 2 is 1.71 bits per heavy atom. The zero-order valence-electron chi connectivity index (χ0n) is 17.1. The topological polar surface area (TPSA) is 109 Å². The van der Waals surface area contributed by atoms with Crippen molar-refractivity contribution in [2.75, 3.05) is 0 Å². The van der Waals surface area contributed by atoms with Crippen LogP contribution in [-0.4, -0.2) is 25.5 Å². The van der Waals surface area contributed by atoms with Crippen molar-refractivity contribution in [3.63, 3.8) is 0 Å². The molecule has 0 saturated carbocycles. The molecule has 0 spiro atoms. The van der Waals surface area contributed by atoms with E-state index >= 15 is 0 Å². The Labute approximate surface area is 206 Å². The van der Waals surface area contributed by atoms with Gasteiger partial charge in [-0.15, -0.1) is 10.2 Å². The summed E-state index contributed by atoms with van der Waals surface area (Å²) in [5, 5.41) is 25.9. The molecule has 0 aliphatic carbocycles. The molecule has 0 saturated heterocycles. The fraction of sp³-hybridized carbons (Fsp3) is 0.0455. The summed E-state index contributed by atoms with van der Waals surface area (Å²) in [6.45, 7) is 0.105. The van der Waals surface area contributed by atoms with Crippen LogP contribution in [0.15, 0.2) is 81.4 Å². The van der Waals surface area contributed by atoms with E-state index in [0.717, 1.165) is 5.56 Å². The largest absolute Gasteiger partial charge is 0.486 e. The molecular formula is C22H13Cl2N5O4S. The van der Waals surface area contributed by atoms with E-state index in [0.29, 0.717) is 43.2 Å². The summed E-state index contributed by atoms with van der Waals surface area (Å²) in [7, 11) is 0. The van der Waals surface area contributed by atoms with Crippen LogP contribution in [0.5, 0.6) is 5.75 Å². The van der Waals surface area contributed by atoms with E-state index in [1.54, 1.807) is 47.2 Å². The first-order chi connectivity index (χ1) is 16.5. The highest BCUT2D eigenvalue weighted by atomic mass is 35.5. The third kappa shape index (κ3) is 4.69. The Hall–Kier alpha value is -3.60. The molecule has 170 valence electrons. The van der Waals surface area contributed by atoms with Gasteiger partial charge in [-0.25, -0.2) is 0 Å². The molecule has 5 rings (SSSR count). The number of halogens is 2. The number of nitro groups is 1. The van der Waals surface area contributed by atoms with Gasteiger partial charge in [-0.2, -0.15) is 9.78 Å². The zero-order chi connectivity index (χ0) is 23.7. The Kier molecular flexibility index (Phi) is 6.10. The minimum absolute atomic E-state index is 0.105. The second kappa shape index (κ2) is 9.34. The molecule has 0 radical (unpaired) electrons. The molecule has 2 aromatic carbocycles. The Bertz CT molecular complexity index is 1430. The molecule has 0 atom stereocenters. The SMILES string of the molecule is O=[N+]([O-])c1ccc(C2=CC(c3ccc(Cl)cc3)=Nn3c(COc4ccc(Cl)cc4)nnc3S2)o1. The first kappa shape index (κ1) is 22.2. The number of rotatable bonds is 6. The van der Waals surface area contributed by atoms with Gasteiger partial charge in [0.25, 0.3) is 0 Å². The number of furan rings is 1. The van der Waals surface area contributed by atoms with Crippen molar-refractivity contribution in [3.8, 4) is 5.75 Å². The minimum Gasteiger partial charge on any atom is -0.486 e. The van der Waals surface area contributed by atoms with Gasteiger partial charge in [-0.05, 0) is 60.3 Å². The summed E-state index contributed by atoms with van der Waals surface area (Å²) in [5.74, 6) is 1.04. The number of benzene rings is 2. The van der Waals surface area contributed by atoms with Gasteiger partial charge in [0.2, 0.25) is 5.16 Å². The van der Waals surface area contributed by atoms with Crippen molar-refractivity contribution in [3.05, 3.63) is 104 Å². The van der Waals surface area contributed by atoms with Crippen molar-refractivity contribution in [1.82, 2.24) is 14.9 Å². The fourth-order valence-corrected chi connectivity index (χ4v) is 4.20. The second-order valence-electron chi connectivity index (χ2n) is 6.95. The van der Waals surface area contributed by atoms with Crippen LogP contribution >= 0.6 is 35.0 Å². The first-order valence-corrected chi connectivity index (χ1v) is 11.4. The first-order valence-electron chi connectivity index (χ1n) is 9.78. The number of hydrogen-bond donors (Lipinski definition) is 0. The summed E-state index contributed by atoms with van der Waals surface area (Å²) < 4.78 is 12.8. The molecular weight excluding hydrogens is 501 g/mol. The second-order valence-corrected chi connectivity index (χ2v) is 8.83. The highest BCUT2D eigenvalue weighted by molar-refractivity contribution is 8.08. The highest BCUT2D eigenvalue weighted by Crippen LogP contribution is 2.38. The van der Waals surface area contributed by atoms with E-state index in [1.165, 1.54) is 23.9 Å². The van der Waals surface area contributed by atoms with Gasteiger partial charge in [0, 0.05) is 15.6 Å². The Morgan fingerprint density at radius 1 is 1.00 bits per heavy atom. The quantitative estimate of drug-likeness (QED) is 0.227. The molecule has 1 aliphatic heterocycles. The van der Waals surface area contributed by atoms with Crippen LogP contribution in [-0.2, 0) is 6.61 Å². The van der Waals surface area contributed by atoms with E-state index < -0.39 is 4.92 Å². The molecule has 9 nitrogen and oxygen atoms in total. The number of aromatic nitrogens is 3. The van der Waals surface area contributed by atoms with Gasteiger partial charge in [0.15, 0.2) is 5.82 Å². The van der Waals surface area contributed by atoms with E-state index in [9.17, 15) is 10.1 Å².